The molecule has 0 aliphatic heterocycles. The average molecular weight is 366 g/mol. The van der Waals surface area contributed by atoms with E-state index in [9.17, 15) is 12.8 Å². The van der Waals surface area contributed by atoms with Crippen molar-refractivity contribution in [3.05, 3.63) is 69.5 Å². The van der Waals surface area contributed by atoms with Gasteiger partial charge >= 0.3 is 0 Å². The Bertz CT molecular complexity index is 913. The van der Waals surface area contributed by atoms with Gasteiger partial charge in [-0.3, -0.25) is 0 Å². The Morgan fingerprint density at radius 2 is 1.92 bits per heavy atom. The largest absolute Gasteiger partial charge is 0.360 e. The zero-order chi connectivity index (χ0) is 17.3. The minimum Gasteiger partial charge on any atom is -0.360 e. The molecule has 0 fully saturated rings. The number of thiophene rings is 1. The van der Waals surface area contributed by atoms with Crippen molar-refractivity contribution in [1.29, 1.82) is 0 Å². The molecule has 24 heavy (non-hydrogen) atoms. The van der Waals surface area contributed by atoms with Crippen LogP contribution in [-0.2, 0) is 10.0 Å². The molecule has 0 saturated carbocycles. The monoisotopic (exact) mass is 366 g/mol. The van der Waals surface area contributed by atoms with Crippen LogP contribution >= 0.6 is 11.3 Å². The summed E-state index contributed by atoms with van der Waals surface area (Å²) in [5.41, 5.74) is 0.943. The highest BCUT2D eigenvalue weighted by Gasteiger charge is 2.29. The van der Waals surface area contributed by atoms with E-state index in [4.69, 9.17) is 4.52 Å². The molecule has 1 atom stereocenters. The Labute approximate surface area is 143 Å². The lowest BCUT2D eigenvalue weighted by atomic mass is 10.1. The smallest absolute Gasteiger partial charge is 0.246 e. The number of hydrogen-bond donors (Lipinski definition) is 1. The summed E-state index contributed by atoms with van der Waals surface area (Å²) in [6.45, 7) is 3.12. The molecule has 1 aromatic carbocycles. The predicted molar refractivity (Wildman–Crippen MR) is 88.9 cm³/mol. The fourth-order valence-corrected chi connectivity index (χ4v) is 4.88. The molecule has 2 heterocycles. The first-order chi connectivity index (χ1) is 11.4. The number of benzene rings is 1. The maximum Gasteiger partial charge on any atom is 0.246 e. The maximum absolute atomic E-state index is 13.2. The molecular formula is C16H15FN2O3S2. The van der Waals surface area contributed by atoms with E-state index in [1.165, 1.54) is 23.5 Å². The van der Waals surface area contributed by atoms with Crippen LogP contribution in [0.5, 0.6) is 0 Å². The van der Waals surface area contributed by atoms with Crippen molar-refractivity contribution in [2.45, 2.75) is 24.8 Å². The Hall–Kier alpha value is -2.03. The van der Waals surface area contributed by atoms with Crippen molar-refractivity contribution in [3.8, 4) is 0 Å². The van der Waals surface area contributed by atoms with Crippen molar-refractivity contribution in [2.24, 2.45) is 0 Å². The molecule has 0 amide bonds. The van der Waals surface area contributed by atoms with E-state index in [0.717, 1.165) is 4.88 Å². The lowest BCUT2D eigenvalue weighted by Gasteiger charge is -2.18. The standard InChI is InChI=1S/C16H15FN2O3S2/c1-10-16(11(2)22-18-10)24(20,21)19-15(14-4-3-9-23-14)12-5-7-13(17)8-6-12/h3-9,15,19H,1-2H3. The molecule has 0 aliphatic rings. The summed E-state index contributed by atoms with van der Waals surface area (Å²) in [5, 5.41) is 5.55. The molecule has 3 rings (SSSR count). The van der Waals surface area contributed by atoms with Crippen LogP contribution in [0.2, 0.25) is 0 Å². The minimum atomic E-state index is -3.86. The Kier molecular flexibility index (Phi) is 4.53. The predicted octanol–water partition coefficient (Wildman–Crippen LogP) is 3.56. The second kappa shape index (κ2) is 6.46. The second-order valence-electron chi connectivity index (χ2n) is 5.27. The third-order valence-electron chi connectivity index (χ3n) is 3.54. The number of nitrogens with one attached hydrogen (secondary N) is 1. The van der Waals surface area contributed by atoms with Crippen LogP contribution in [0, 0.1) is 19.7 Å². The van der Waals surface area contributed by atoms with Gasteiger partial charge in [0.25, 0.3) is 0 Å². The van der Waals surface area contributed by atoms with Crippen molar-refractivity contribution in [2.75, 3.05) is 0 Å². The fraction of sp³-hybridized carbons (Fsp3) is 0.188. The zero-order valence-corrected chi connectivity index (χ0v) is 14.6. The van der Waals surface area contributed by atoms with Gasteiger partial charge in [-0.05, 0) is 43.0 Å². The van der Waals surface area contributed by atoms with Gasteiger partial charge in [0.05, 0.1) is 6.04 Å². The van der Waals surface area contributed by atoms with Gasteiger partial charge in [0.1, 0.15) is 16.4 Å². The number of hydrogen-bond acceptors (Lipinski definition) is 5. The molecule has 0 radical (unpaired) electrons. The van der Waals surface area contributed by atoms with Crippen LogP contribution in [0.1, 0.15) is 27.9 Å². The van der Waals surface area contributed by atoms with Gasteiger partial charge in [-0.15, -0.1) is 11.3 Å². The number of halogens is 1. The van der Waals surface area contributed by atoms with Crippen LogP contribution in [0.25, 0.3) is 0 Å². The highest BCUT2D eigenvalue weighted by molar-refractivity contribution is 7.89. The van der Waals surface area contributed by atoms with Gasteiger partial charge in [0.2, 0.25) is 10.0 Å². The molecule has 2 aromatic heterocycles. The molecule has 0 aliphatic carbocycles. The normalized spacial score (nSPS) is 13.1. The first kappa shape index (κ1) is 16.8. The SMILES string of the molecule is Cc1noc(C)c1S(=O)(=O)NC(c1ccc(F)cc1)c1cccs1. The molecule has 5 nitrogen and oxygen atoms in total. The van der Waals surface area contributed by atoms with E-state index in [0.29, 0.717) is 11.3 Å². The summed E-state index contributed by atoms with van der Waals surface area (Å²) in [6, 6.07) is 8.78. The second-order valence-corrected chi connectivity index (χ2v) is 7.90. The summed E-state index contributed by atoms with van der Waals surface area (Å²) in [7, 11) is -3.86. The number of aromatic nitrogens is 1. The fourth-order valence-electron chi connectivity index (χ4n) is 2.47. The lowest BCUT2D eigenvalue weighted by molar-refractivity contribution is 0.390. The zero-order valence-electron chi connectivity index (χ0n) is 13.0. The van der Waals surface area contributed by atoms with Crippen molar-refractivity contribution in [1.82, 2.24) is 9.88 Å². The van der Waals surface area contributed by atoms with E-state index in [-0.39, 0.29) is 16.5 Å². The highest BCUT2D eigenvalue weighted by atomic mass is 32.2. The molecule has 0 spiro atoms. The van der Waals surface area contributed by atoms with Gasteiger partial charge in [-0.25, -0.2) is 12.8 Å². The first-order valence-corrected chi connectivity index (χ1v) is 9.49. The van der Waals surface area contributed by atoms with Gasteiger partial charge < -0.3 is 4.52 Å². The molecule has 0 saturated heterocycles. The number of aryl methyl sites for hydroxylation is 2. The average Bonchev–Trinajstić information content (AvgIpc) is 3.16. The van der Waals surface area contributed by atoms with Crippen molar-refractivity contribution in [3.63, 3.8) is 0 Å². The van der Waals surface area contributed by atoms with E-state index in [1.807, 2.05) is 17.5 Å². The lowest BCUT2D eigenvalue weighted by Crippen LogP contribution is -2.29. The highest BCUT2D eigenvalue weighted by Crippen LogP contribution is 2.29. The summed E-state index contributed by atoms with van der Waals surface area (Å²) in [4.78, 5) is 0.836. The van der Waals surface area contributed by atoms with Crippen LogP contribution in [-0.4, -0.2) is 13.6 Å². The molecule has 0 bridgehead atoms. The molecule has 8 heteroatoms. The number of nitrogens with zero attached hydrogens (tertiary/aromatic N) is 1. The van der Waals surface area contributed by atoms with E-state index in [1.54, 1.807) is 26.0 Å². The Morgan fingerprint density at radius 1 is 1.21 bits per heavy atom. The third kappa shape index (κ3) is 3.26. The summed E-state index contributed by atoms with van der Waals surface area (Å²) >= 11 is 1.42. The van der Waals surface area contributed by atoms with E-state index in [2.05, 4.69) is 9.88 Å². The molecule has 126 valence electrons. The van der Waals surface area contributed by atoms with Gasteiger partial charge in [0, 0.05) is 4.88 Å². The van der Waals surface area contributed by atoms with Crippen LogP contribution in [0.15, 0.2) is 51.2 Å². The molecule has 3 aromatic rings. The quantitative estimate of drug-likeness (QED) is 0.749. The Balaban J connectivity index is 2.03. The van der Waals surface area contributed by atoms with E-state index >= 15 is 0 Å². The number of rotatable bonds is 5. The van der Waals surface area contributed by atoms with Crippen LogP contribution in [0.4, 0.5) is 4.39 Å². The summed E-state index contributed by atoms with van der Waals surface area (Å²) in [5.74, 6) is -0.152. The summed E-state index contributed by atoms with van der Waals surface area (Å²) in [6.07, 6.45) is 0. The molecule has 1 N–H and O–H groups in total. The maximum atomic E-state index is 13.2. The van der Waals surface area contributed by atoms with Gasteiger partial charge in [0.15, 0.2) is 5.76 Å². The topological polar surface area (TPSA) is 72.2 Å². The van der Waals surface area contributed by atoms with Crippen molar-refractivity contribution >= 4 is 21.4 Å². The minimum absolute atomic E-state index is 0.0335. The van der Waals surface area contributed by atoms with Crippen LogP contribution < -0.4 is 4.72 Å². The van der Waals surface area contributed by atoms with E-state index < -0.39 is 16.1 Å². The molecule has 1 unspecified atom stereocenters. The first-order valence-electron chi connectivity index (χ1n) is 7.12. The van der Waals surface area contributed by atoms with Crippen LogP contribution in [0.3, 0.4) is 0 Å². The van der Waals surface area contributed by atoms with Gasteiger partial charge in [-0.2, -0.15) is 4.72 Å². The molecular weight excluding hydrogens is 351 g/mol. The van der Waals surface area contributed by atoms with Crippen molar-refractivity contribution < 1.29 is 17.3 Å². The third-order valence-corrected chi connectivity index (χ3v) is 6.14. The number of sulfonamides is 1. The van der Waals surface area contributed by atoms with Gasteiger partial charge in [-0.1, -0.05) is 23.4 Å². The Morgan fingerprint density at radius 3 is 2.46 bits per heavy atom. The summed E-state index contributed by atoms with van der Waals surface area (Å²) < 4.78 is 46.4.